The van der Waals surface area contributed by atoms with Crippen molar-refractivity contribution >= 4 is 15.9 Å². The quantitative estimate of drug-likeness (QED) is 0.921. The normalized spacial score (nSPS) is 21.1. The number of aromatic amines is 1. The van der Waals surface area contributed by atoms with Crippen LogP contribution in [0.25, 0.3) is 11.6 Å². The average molecular weight is 337 g/mol. The summed E-state index contributed by atoms with van der Waals surface area (Å²) in [7, 11) is 0. The lowest BCUT2D eigenvalue weighted by molar-refractivity contribution is 0.514. The van der Waals surface area contributed by atoms with E-state index in [1.54, 1.807) is 0 Å². The summed E-state index contributed by atoms with van der Waals surface area (Å²) in [5, 5.41) is 0. The van der Waals surface area contributed by atoms with E-state index in [9.17, 15) is 4.79 Å². The summed E-state index contributed by atoms with van der Waals surface area (Å²) in [6.07, 6.45) is 2.89. The lowest BCUT2D eigenvalue weighted by Gasteiger charge is -2.04. The predicted octanol–water partition coefficient (Wildman–Crippen LogP) is 3.87. The first-order valence-corrected chi connectivity index (χ1v) is 7.78. The third-order valence-electron chi connectivity index (χ3n) is 3.75. The van der Waals surface area contributed by atoms with Gasteiger partial charge in [0.1, 0.15) is 10.2 Å². The molecular weight excluding hydrogens is 320 g/mol. The van der Waals surface area contributed by atoms with E-state index in [0.29, 0.717) is 27.9 Å². The summed E-state index contributed by atoms with van der Waals surface area (Å²) >= 11 is 3.30. The maximum absolute atomic E-state index is 11.9. The minimum atomic E-state index is -0.156. The van der Waals surface area contributed by atoms with Gasteiger partial charge in [-0.25, -0.2) is 4.98 Å². The van der Waals surface area contributed by atoms with Gasteiger partial charge >= 0.3 is 0 Å². The predicted molar refractivity (Wildman–Crippen MR) is 80.8 cm³/mol. The highest BCUT2D eigenvalue weighted by molar-refractivity contribution is 9.10. The Hall–Kier alpha value is -1.36. The third-order valence-corrected chi connectivity index (χ3v) is 4.57. The van der Waals surface area contributed by atoms with E-state index in [4.69, 9.17) is 4.42 Å². The van der Waals surface area contributed by atoms with Gasteiger partial charge in [0.2, 0.25) is 0 Å². The number of aromatic nitrogens is 2. The Kier molecular flexibility index (Phi) is 3.54. The van der Waals surface area contributed by atoms with Gasteiger partial charge in [0.25, 0.3) is 5.56 Å². The van der Waals surface area contributed by atoms with Gasteiger partial charge in [-0.3, -0.25) is 4.79 Å². The minimum Gasteiger partial charge on any atom is -0.458 e. The monoisotopic (exact) mass is 336 g/mol. The molecule has 0 amide bonds. The number of nitrogens with zero attached hydrogens (tertiary/aromatic N) is 1. The van der Waals surface area contributed by atoms with Crippen LogP contribution in [0.4, 0.5) is 0 Å². The summed E-state index contributed by atoms with van der Waals surface area (Å²) in [6, 6.07) is 3.88. The zero-order valence-electron chi connectivity index (χ0n) is 11.6. The van der Waals surface area contributed by atoms with Gasteiger partial charge in [-0.15, -0.1) is 0 Å². The lowest BCUT2D eigenvalue weighted by atomic mass is 10.2. The molecule has 1 aliphatic rings. The van der Waals surface area contributed by atoms with Gasteiger partial charge in [0.15, 0.2) is 11.6 Å². The average Bonchev–Trinajstić information content (AvgIpc) is 2.96. The number of furan rings is 1. The SMILES string of the molecule is CCCc1nc(-c2ccc(C3CC3C)o2)[nH]c(=O)c1Br. The Morgan fingerprint density at radius 3 is 2.90 bits per heavy atom. The number of nitrogens with one attached hydrogen (secondary N) is 1. The molecule has 1 fully saturated rings. The van der Waals surface area contributed by atoms with E-state index >= 15 is 0 Å². The van der Waals surface area contributed by atoms with E-state index < -0.39 is 0 Å². The minimum absolute atomic E-state index is 0.156. The molecule has 3 rings (SSSR count). The second-order valence-electron chi connectivity index (χ2n) is 5.45. The van der Waals surface area contributed by atoms with Gasteiger partial charge in [0.05, 0.1) is 5.69 Å². The van der Waals surface area contributed by atoms with Crippen LogP contribution in [0.2, 0.25) is 0 Å². The first-order chi connectivity index (χ1) is 9.60. The molecule has 5 heteroatoms. The van der Waals surface area contributed by atoms with Crippen LogP contribution in [-0.2, 0) is 6.42 Å². The summed E-state index contributed by atoms with van der Waals surface area (Å²) in [5.41, 5.74) is 0.625. The van der Waals surface area contributed by atoms with Crippen LogP contribution in [0, 0.1) is 5.92 Å². The molecule has 2 aromatic heterocycles. The van der Waals surface area contributed by atoms with Gasteiger partial charge in [-0.05, 0) is 46.8 Å². The smallest absolute Gasteiger partial charge is 0.265 e. The topological polar surface area (TPSA) is 58.9 Å². The van der Waals surface area contributed by atoms with Crippen LogP contribution in [0.3, 0.4) is 0 Å². The Labute approximate surface area is 125 Å². The largest absolute Gasteiger partial charge is 0.458 e. The van der Waals surface area contributed by atoms with Crippen molar-refractivity contribution < 1.29 is 4.42 Å². The van der Waals surface area contributed by atoms with E-state index in [1.807, 2.05) is 12.1 Å². The van der Waals surface area contributed by atoms with Crippen molar-refractivity contribution in [2.45, 2.75) is 39.0 Å². The van der Waals surface area contributed by atoms with Crippen molar-refractivity contribution in [3.05, 3.63) is 38.4 Å². The van der Waals surface area contributed by atoms with Crippen LogP contribution in [0.5, 0.6) is 0 Å². The van der Waals surface area contributed by atoms with Gasteiger partial charge in [0, 0.05) is 5.92 Å². The summed E-state index contributed by atoms with van der Waals surface area (Å²) in [6.45, 7) is 4.28. The number of hydrogen-bond donors (Lipinski definition) is 1. The van der Waals surface area contributed by atoms with Gasteiger partial charge < -0.3 is 9.40 Å². The van der Waals surface area contributed by atoms with Crippen molar-refractivity contribution in [1.82, 2.24) is 9.97 Å². The van der Waals surface area contributed by atoms with E-state index in [-0.39, 0.29) is 5.56 Å². The zero-order valence-corrected chi connectivity index (χ0v) is 13.2. The molecule has 0 saturated heterocycles. The molecule has 2 heterocycles. The highest BCUT2D eigenvalue weighted by Crippen LogP contribution is 2.47. The molecule has 4 nitrogen and oxygen atoms in total. The molecule has 0 aliphatic heterocycles. The molecule has 2 aromatic rings. The van der Waals surface area contributed by atoms with E-state index in [2.05, 4.69) is 39.7 Å². The van der Waals surface area contributed by atoms with Crippen LogP contribution in [0.15, 0.2) is 25.8 Å². The first-order valence-electron chi connectivity index (χ1n) is 6.99. The van der Waals surface area contributed by atoms with Crippen molar-refractivity contribution in [1.29, 1.82) is 0 Å². The van der Waals surface area contributed by atoms with E-state index in [1.165, 1.54) is 6.42 Å². The molecule has 20 heavy (non-hydrogen) atoms. The molecule has 2 atom stereocenters. The maximum atomic E-state index is 11.9. The third kappa shape index (κ3) is 2.46. The Balaban J connectivity index is 1.97. The van der Waals surface area contributed by atoms with Crippen molar-refractivity contribution in [3.63, 3.8) is 0 Å². The maximum Gasteiger partial charge on any atom is 0.265 e. The highest BCUT2D eigenvalue weighted by Gasteiger charge is 2.36. The molecule has 0 bridgehead atoms. The fourth-order valence-electron chi connectivity index (χ4n) is 2.42. The molecule has 1 aliphatic carbocycles. The fraction of sp³-hybridized carbons (Fsp3) is 0.467. The molecule has 1 saturated carbocycles. The van der Waals surface area contributed by atoms with Crippen LogP contribution < -0.4 is 5.56 Å². The van der Waals surface area contributed by atoms with Gasteiger partial charge in [-0.2, -0.15) is 0 Å². The number of halogens is 1. The summed E-state index contributed by atoms with van der Waals surface area (Å²) < 4.78 is 6.36. The zero-order chi connectivity index (χ0) is 14.3. The van der Waals surface area contributed by atoms with Crippen LogP contribution in [0.1, 0.15) is 44.1 Å². The number of H-pyrrole nitrogens is 1. The van der Waals surface area contributed by atoms with Crippen molar-refractivity contribution in [3.8, 4) is 11.6 Å². The summed E-state index contributed by atoms with van der Waals surface area (Å²) in [4.78, 5) is 19.2. The molecule has 0 aromatic carbocycles. The molecule has 2 unspecified atom stereocenters. The van der Waals surface area contributed by atoms with Crippen molar-refractivity contribution in [2.24, 2.45) is 5.92 Å². The highest BCUT2D eigenvalue weighted by atomic mass is 79.9. The number of aryl methyl sites for hydroxylation is 1. The fourth-order valence-corrected chi connectivity index (χ4v) is 2.81. The second-order valence-corrected chi connectivity index (χ2v) is 6.24. The molecule has 0 radical (unpaired) electrons. The summed E-state index contributed by atoms with van der Waals surface area (Å²) in [5.74, 6) is 3.37. The Bertz CT molecular complexity index is 689. The number of rotatable bonds is 4. The second kappa shape index (κ2) is 5.20. The Morgan fingerprint density at radius 1 is 1.50 bits per heavy atom. The van der Waals surface area contributed by atoms with E-state index in [0.717, 1.165) is 24.3 Å². The van der Waals surface area contributed by atoms with Crippen LogP contribution in [-0.4, -0.2) is 9.97 Å². The standard InChI is InChI=1S/C15H17BrN2O2/c1-3-4-10-13(16)15(19)18-14(17-10)12-6-5-11(20-12)9-7-8(9)2/h5-6,8-9H,3-4,7H2,1-2H3,(H,17,18,19). The molecule has 1 N–H and O–H groups in total. The Morgan fingerprint density at radius 2 is 2.25 bits per heavy atom. The van der Waals surface area contributed by atoms with Gasteiger partial charge in [-0.1, -0.05) is 20.3 Å². The number of hydrogen-bond acceptors (Lipinski definition) is 3. The van der Waals surface area contributed by atoms with Crippen molar-refractivity contribution in [2.75, 3.05) is 0 Å². The molecule has 106 valence electrons. The molecule has 0 spiro atoms. The molecular formula is C15H17BrN2O2. The lowest BCUT2D eigenvalue weighted by Crippen LogP contribution is -2.13. The van der Waals surface area contributed by atoms with Crippen LogP contribution >= 0.6 is 15.9 Å². The first kappa shape index (κ1) is 13.6.